The number of aliphatic hydroxyl groups excluding tert-OH is 1. The summed E-state index contributed by atoms with van der Waals surface area (Å²) in [7, 11) is 0. The predicted octanol–water partition coefficient (Wildman–Crippen LogP) is 1.99. The molecule has 3 aromatic rings. The Hall–Kier alpha value is -2.67. The van der Waals surface area contributed by atoms with E-state index in [0.717, 1.165) is 0 Å². The predicted molar refractivity (Wildman–Crippen MR) is 85.0 cm³/mol. The molecule has 0 aliphatic heterocycles. The Morgan fingerprint density at radius 1 is 1.48 bits per heavy atom. The van der Waals surface area contributed by atoms with E-state index >= 15 is 0 Å². The fourth-order valence-electron chi connectivity index (χ4n) is 2.40. The fraction of sp³-hybridized carbons (Fsp3) is 0.312. The molecule has 0 aliphatic rings. The third kappa shape index (κ3) is 2.83. The van der Waals surface area contributed by atoms with Crippen molar-refractivity contribution in [2.45, 2.75) is 19.9 Å². The highest BCUT2D eigenvalue weighted by Crippen LogP contribution is 2.26. The van der Waals surface area contributed by atoms with Crippen LogP contribution in [0.4, 0.5) is 0 Å². The monoisotopic (exact) mass is 314 g/mol. The second-order valence-electron chi connectivity index (χ2n) is 5.43. The van der Waals surface area contributed by atoms with Gasteiger partial charge in [-0.1, -0.05) is 0 Å². The van der Waals surface area contributed by atoms with E-state index in [1.807, 2.05) is 13.8 Å². The van der Waals surface area contributed by atoms with Crippen molar-refractivity contribution in [2.24, 2.45) is 0 Å². The maximum Gasteiger partial charge on any atom is 0.252 e. The van der Waals surface area contributed by atoms with E-state index in [1.165, 1.54) is 0 Å². The van der Waals surface area contributed by atoms with Crippen molar-refractivity contribution in [3.63, 3.8) is 0 Å². The number of furan rings is 1. The van der Waals surface area contributed by atoms with Gasteiger partial charge in [-0.15, -0.1) is 0 Å². The molecule has 1 amide bonds. The Kier molecular flexibility index (Phi) is 4.12. The van der Waals surface area contributed by atoms with Crippen LogP contribution < -0.4 is 5.32 Å². The van der Waals surface area contributed by atoms with Crippen molar-refractivity contribution in [1.29, 1.82) is 0 Å². The summed E-state index contributed by atoms with van der Waals surface area (Å²) < 4.78 is 7.17. The zero-order valence-corrected chi connectivity index (χ0v) is 13.0. The Morgan fingerprint density at radius 2 is 2.30 bits per heavy atom. The van der Waals surface area contributed by atoms with Crippen LogP contribution in [0.5, 0.6) is 0 Å². The minimum atomic E-state index is -0.275. The molecule has 3 heterocycles. The Bertz CT molecular complexity index is 821. The maximum absolute atomic E-state index is 12.4. The average Bonchev–Trinajstić information content (AvgIpc) is 3.20. The van der Waals surface area contributed by atoms with Gasteiger partial charge in [0.15, 0.2) is 11.4 Å². The molecule has 3 aromatic heterocycles. The topological polar surface area (TPSA) is 93.2 Å². The van der Waals surface area contributed by atoms with E-state index < -0.39 is 0 Å². The molecule has 0 aromatic carbocycles. The Labute approximate surface area is 132 Å². The highest BCUT2D eigenvalue weighted by molar-refractivity contribution is 6.06. The SMILES string of the molecule is CC(C)n1ncc2c(C(=O)NCCO)cc(-c3ccco3)nc21. The number of amides is 1. The number of hydrogen-bond donors (Lipinski definition) is 2. The fourth-order valence-corrected chi connectivity index (χ4v) is 2.40. The molecule has 0 aliphatic carbocycles. The van der Waals surface area contributed by atoms with Crippen LogP contribution >= 0.6 is 0 Å². The zero-order valence-electron chi connectivity index (χ0n) is 13.0. The molecule has 3 rings (SSSR count). The number of hydrogen-bond acceptors (Lipinski definition) is 5. The van der Waals surface area contributed by atoms with E-state index in [9.17, 15) is 4.79 Å². The lowest BCUT2D eigenvalue weighted by molar-refractivity contribution is 0.0946. The van der Waals surface area contributed by atoms with Gasteiger partial charge in [0.2, 0.25) is 0 Å². The van der Waals surface area contributed by atoms with Gasteiger partial charge in [0, 0.05) is 12.6 Å². The van der Waals surface area contributed by atoms with Crippen molar-refractivity contribution < 1.29 is 14.3 Å². The Balaban J connectivity index is 2.18. The van der Waals surface area contributed by atoms with E-state index in [1.54, 1.807) is 35.3 Å². The minimum Gasteiger partial charge on any atom is -0.463 e. The highest BCUT2D eigenvalue weighted by Gasteiger charge is 2.19. The first kappa shape index (κ1) is 15.2. The van der Waals surface area contributed by atoms with Crippen LogP contribution in [0.1, 0.15) is 30.2 Å². The number of fused-ring (bicyclic) bond motifs is 1. The third-order valence-corrected chi connectivity index (χ3v) is 3.47. The summed E-state index contributed by atoms with van der Waals surface area (Å²) in [6.45, 7) is 4.08. The van der Waals surface area contributed by atoms with E-state index in [0.29, 0.717) is 28.1 Å². The van der Waals surface area contributed by atoms with Crippen LogP contribution in [0.2, 0.25) is 0 Å². The smallest absolute Gasteiger partial charge is 0.252 e. The number of pyridine rings is 1. The van der Waals surface area contributed by atoms with E-state index in [-0.39, 0.29) is 25.1 Å². The summed E-state index contributed by atoms with van der Waals surface area (Å²) in [5, 5.41) is 16.6. The van der Waals surface area contributed by atoms with Crippen molar-refractivity contribution in [3.8, 4) is 11.5 Å². The molecular formula is C16H18N4O3. The van der Waals surface area contributed by atoms with E-state index in [4.69, 9.17) is 9.52 Å². The first-order valence-electron chi connectivity index (χ1n) is 7.43. The molecule has 7 nitrogen and oxygen atoms in total. The van der Waals surface area contributed by atoms with Crippen molar-refractivity contribution in [1.82, 2.24) is 20.1 Å². The van der Waals surface area contributed by atoms with Crippen LogP contribution in [0.15, 0.2) is 35.1 Å². The van der Waals surface area contributed by atoms with E-state index in [2.05, 4.69) is 15.4 Å². The van der Waals surface area contributed by atoms with Crippen LogP contribution in [-0.2, 0) is 0 Å². The molecule has 0 radical (unpaired) electrons. The van der Waals surface area contributed by atoms with Crippen molar-refractivity contribution >= 4 is 16.9 Å². The summed E-state index contributed by atoms with van der Waals surface area (Å²) in [5.41, 5.74) is 1.66. The van der Waals surface area contributed by atoms with Gasteiger partial charge in [-0.05, 0) is 32.0 Å². The highest BCUT2D eigenvalue weighted by atomic mass is 16.3. The molecular weight excluding hydrogens is 296 g/mol. The molecule has 2 N–H and O–H groups in total. The molecule has 0 saturated carbocycles. The molecule has 0 saturated heterocycles. The number of nitrogens with one attached hydrogen (secondary N) is 1. The number of aliphatic hydroxyl groups is 1. The molecule has 7 heteroatoms. The summed E-state index contributed by atoms with van der Waals surface area (Å²) in [6, 6.07) is 5.35. The lowest BCUT2D eigenvalue weighted by Crippen LogP contribution is -2.26. The van der Waals surface area contributed by atoms with Crippen LogP contribution in [-0.4, -0.2) is 38.9 Å². The summed E-state index contributed by atoms with van der Waals surface area (Å²) in [4.78, 5) is 17.0. The maximum atomic E-state index is 12.4. The zero-order chi connectivity index (χ0) is 16.4. The second-order valence-corrected chi connectivity index (χ2v) is 5.43. The van der Waals surface area contributed by atoms with Gasteiger partial charge in [-0.25, -0.2) is 9.67 Å². The number of rotatable bonds is 5. The molecule has 0 fully saturated rings. The van der Waals surface area contributed by atoms with Gasteiger partial charge in [0.05, 0.1) is 30.0 Å². The van der Waals surface area contributed by atoms with Gasteiger partial charge in [0.25, 0.3) is 5.91 Å². The molecule has 120 valence electrons. The van der Waals surface area contributed by atoms with Gasteiger partial charge in [0.1, 0.15) is 5.69 Å². The average molecular weight is 314 g/mol. The van der Waals surface area contributed by atoms with Gasteiger partial charge < -0.3 is 14.8 Å². The summed E-state index contributed by atoms with van der Waals surface area (Å²) in [5.74, 6) is 0.308. The Morgan fingerprint density at radius 3 is 2.96 bits per heavy atom. The normalized spacial score (nSPS) is 11.3. The quantitative estimate of drug-likeness (QED) is 0.751. The number of carbonyl (C=O) groups is 1. The summed E-state index contributed by atoms with van der Waals surface area (Å²) >= 11 is 0. The molecule has 0 bridgehead atoms. The first-order valence-corrected chi connectivity index (χ1v) is 7.43. The number of carbonyl (C=O) groups excluding carboxylic acids is 1. The third-order valence-electron chi connectivity index (χ3n) is 3.47. The van der Waals surface area contributed by atoms with Gasteiger partial charge in [-0.3, -0.25) is 4.79 Å². The van der Waals surface area contributed by atoms with Crippen LogP contribution in [0, 0.1) is 0 Å². The lowest BCUT2D eigenvalue weighted by Gasteiger charge is -2.09. The van der Waals surface area contributed by atoms with Gasteiger partial charge in [-0.2, -0.15) is 5.10 Å². The van der Waals surface area contributed by atoms with Crippen LogP contribution in [0.3, 0.4) is 0 Å². The summed E-state index contributed by atoms with van der Waals surface area (Å²) in [6.07, 6.45) is 3.20. The minimum absolute atomic E-state index is 0.111. The largest absolute Gasteiger partial charge is 0.463 e. The molecule has 23 heavy (non-hydrogen) atoms. The van der Waals surface area contributed by atoms with Gasteiger partial charge >= 0.3 is 0 Å². The molecule has 0 spiro atoms. The standard InChI is InChI=1S/C16H18N4O3/c1-10(2)20-15-12(9-18-20)11(16(22)17-5-6-21)8-13(19-15)14-4-3-7-23-14/h3-4,7-10,21H,5-6H2,1-2H3,(H,17,22). The van der Waals surface area contributed by atoms with Crippen LogP contribution in [0.25, 0.3) is 22.5 Å². The molecule has 0 unspecified atom stereocenters. The van der Waals surface area contributed by atoms with Crippen molar-refractivity contribution in [3.05, 3.63) is 36.2 Å². The first-order chi connectivity index (χ1) is 11.1. The molecule has 0 atom stereocenters. The van der Waals surface area contributed by atoms with Crippen molar-refractivity contribution in [2.75, 3.05) is 13.2 Å². The lowest BCUT2D eigenvalue weighted by atomic mass is 10.1. The second kappa shape index (κ2) is 6.21. The number of nitrogens with zero attached hydrogens (tertiary/aromatic N) is 3. The number of aromatic nitrogens is 3.